The molecule has 5 heteroatoms. The molecule has 0 bridgehead atoms. The zero-order chi connectivity index (χ0) is 18.5. The maximum absolute atomic E-state index is 10.4. The molecule has 2 aliphatic rings. The van der Waals surface area contributed by atoms with Crippen molar-refractivity contribution in [2.24, 2.45) is 5.10 Å². The van der Waals surface area contributed by atoms with Crippen molar-refractivity contribution in [2.75, 3.05) is 0 Å². The van der Waals surface area contributed by atoms with Crippen LogP contribution in [0.15, 0.2) is 59.0 Å². The van der Waals surface area contributed by atoms with Crippen LogP contribution >= 0.6 is 11.3 Å². The van der Waals surface area contributed by atoms with Crippen LogP contribution in [0.2, 0.25) is 0 Å². The number of para-hydroxylation sites is 1. The first-order valence-corrected chi connectivity index (χ1v) is 9.95. The van der Waals surface area contributed by atoms with E-state index >= 15 is 0 Å². The zero-order valence-electron chi connectivity index (χ0n) is 15.2. The molecule has 3 aromatic rings. The zero-order valence-corrected chi connectivity index (χ0v) is 16.0. The van der Waals surface area contributed by atoms with E-state index in [9.17, 15) is 5.11 Å². The predicted molar refractivity (Wildman–Crippen MR) is 107 cm³/mol. The largest absolute Gasteiger partial charge is 0.507 e. The number of nitrogens with zero attached hydrogens (tertiary/aromatic N) is 2. The number of thiophene rings is 1. The number of ether oxygens (including phenoxy) is 1. The normalized spacial score (nSPS) is 20.7. The van der Waals surface area contributed by atoms with Crippen LogP contribution in [-0.4, -0.2) is 15.8 Å². The first-order chi connectivity index (χ1) is 13.1. The molecular weight excluding hydrogens is 356 g/mol. The molecule has 0 spiro atoms. The smallest absolute Gasteiger partial charge is 0.223 e. The van der Waals surface area contributed by atoms with Gasteiger partial charge in [-0.15, -0.1) is 11.3 Å². The fraction of sp³-hybridized carbons (Fsp3) is 0.227. The van der Waals surface area contributed by atoms with Gasteiger partial charge in [0.2, 0.25) is 6.23 Å². The molecule has 5 rings (SSSR count). The molecule has 0 amide bonds. The number of phenolic OH excluding ortho intramolecular Hbond substituents is 1. The summed E-state index contributed by atoms with van der Waals surface area (Å²) in [6.45, 7) is 4.14. The minimum atomic E-state index is -0.241. The second kappa shape index (κ2) is 6.13. The van der Waals surface area contributed by atoms with Crippen LogP contribution in [0, 0.1) is 13.8 Å². The monoisotopic (exact) mass is 376 g/mol. The van der Waals surface area contributed by atoms with Crippen molar-refractivity contribution >= 4 is 17.0 Å². The summed E-state index contributed by atoms with van der Waals surface area (Å²) < 4.78 is 6.38. The van der Waals surface area contributed by atoms with E-state index < -0.39 is 0 Å². The van der Waals surface area contributed by atoms with Crippen LogP contribution in [0.3, 0.4) is 0 Å². The van der Waals surface area contributed by atoms with Crippen LogP contribution in [0.1, 0.15) is 45.8 Å². The highest BCUT2D eigenvalue weighted by atomic mass is 32.1. The summed E-state index contributed by atoms with van der Waals surface area (Å²) in [5.74, 6) is 1.19. The van der Waals surface area contributed by atoms with Gasteiger partial charge in [-0.3, -0.25) is 0 Å². The van der Waals surface area contributed by atoms with Crippen molar-refractivity contribution in [3.05, 3.63) is 81.0 Å². The topological polar surface area (TPSA) is 45.1 Å². The standard InChI is InChI=1S/C22H20N2O2S/c1-13-7-8-19(25)16(11-13)17-12-18-15-5-3-4-6-20(15)26-22(24(18)23-17)21-14(2)9-10-27-21/h3-11,18,22,25H,12H2,1-2H3/t18-,22+/m1/s1. The fourth-order valence-corrected chi connectivity index (χ4v) is 4.83. The van der Waals surface area contributed by atoms with Crippen molar-refractivity contribution in [3.63, 3.8) is 0 Å². The van der Waals surface area contributed by atoms with Crippen molar-refractivity contribution in [2.45, 2.75) is 32.5 Å². The molecule has 1 aromatic heterocycles. The van der Waals surface area contributed by atoms with Gasteiger partial charge in [-0.25, -0.2) is 5.01 Å². The number of hydrogen-bond acceptors (Lipinski definition) is 5. The lowest BCUT2D eigenvalue weighted by Gasteiger charge is -2.37. The first kappa shape index (κ1) is 16.4. The number of hydrazone groups is 1. The molecule has 0 fully saturated rings. The Balaban J connectivity index is 1.63. The minimum Gasteiger partial charge on any atom is -0.507 e. The van der Waals surface area contributed by atoms with E-state index in [0.717, 1.165) is 34.6 Å². The molecule has 2 aromatic carbocycles. The van der Waals surface area contributed by atoms with Crippen molar-refractivity contribution in [1.29, 1.82) is 0 Å². The van der Waals surface area contributed by atoms with Gasteiger partial charge in [-0.05, 0) is 49.1 Å². The van der Waals surface area contributed by atoms with Gasteiger partial charge in [0.25, 0.3) is 0 Å². The molecule has 27 heavy (non-hydrogen) atoms. The molecule has 0 unspecified atom stereocenters. The van der Waals surface area contributed by atoms with E-state index in [1.807, 2.05) is 37.3 Å². The second-order valence-electron chi connectivity index (χ2n) is 7.14. The van der Waals surface area contributed by atoms with Crippen molar-refractivity contribution in [3.8, 4) is 11.5 Å². The van der Waals surface area contributed by atoms with Gasteiger partial charge in [0.15, 0.2) is 0 Å². The Morgan fingerprint density at radius 3 is 2.81 bits per heavy atom. The van der Waals surface area contributed by atoms with Crippen molar-refractivity contribution in [1.82, 2.24) is 5.01 Å². The number of aryl methyl sites for hydroxylation is 2. The Hall–Kier alpha value is -2.79. The number of fused-ring (bicyclic) bond motifs is 3. The maximum atomic E-state index is 10.4. The van der Waals surface area contributed by atoms with Gasteiger partial charge in [0.1, 0.15) is 11.5 Å². The van der Waals surface area contributed by atoms with E-state index in [1.165, 1.54) is 10.4 Å². The summed E-state index contributed by atoms with van der Waals surface area (Å²) in [6, 6.07) is 16.1. The van der Waals surface area contributed by atoms with Crippen LogP contribution in [-0.2, 0) is 0 Å². The molecule has 136 valence electrons. The molecule has 0 radical (unpaired) electrons. The maximum Gasteiger partial charge on any atom is 0.223 e. The molecule has 1 N–H and O–H groups in total. The summed E-state index contributed by atoms with van der Waals surface area (Å²) in [5.41, 5.74) is 5.18. The van der Waals surface area contributed by atoms with E-state index in [1.54, 1.807) is 17.4 Å². The quantitative estimate of drug-likeness (QED) is 0.659. The van der Waals surface area contributed by atoms with Crippen LogP contribution in [0.25, 0.3) is 0 Å². The minimum absolute atomic E-state index is 0.108. The Morgan fingerprint density at radius 1 is 1.15 bits per heavy atom. The number of rotatable bonds is 2. The molecule has 0 aliphatic carbocycles. The molecule has 2 aliphatic heterocycles. The number of hydrogen-bond donors (Lipinski definition) is 1. The molecule has 2 atom stereocenters. The van der Waals surface area contributed by atoms with Gasteiger partial charge in [-0.2, -0.15) is 5.10 Å². The summed E-state index contributed by atoms with van der Waals surface area (Å²) in [4.78, 5) is 1.17. The lowest BCUT2D eigenvalue weighted by atomic mass is 9.95. The van der Waals surface area contributed by atoms with E-state index in [2.05, 4.69) is 29.4 Å². The highest BCUT2D eigenvalue weighted by Gasteiger charge is 2.42. The van der Waals surface area contributed by atoms with Gasteiger partial charge in [-0.1, -0.05) is 29.8 Å². The summed E-state index contributed by atoms with van der Waals surface area (Å²) in [6.07, 6.45) is 0.507. The average molecular weight is 376 g/mol. The van der Waals surface area contributed by atoms with E-state index in [4.69, 9.17) is 9.84 Å². The average Bonchev–Trinajstić information content (AvgIpc) is 3.30. The van der Waals surface area contributed by atoms with Crippen molar-refractivity contribution < 1.29 is 9.84 Å². The van der Waals surface area contributed by atoms with Crippen LogP contribution < -0.4 is 4.74 Å². The fourth-order valence-electron chi connectivity index (χ4n) is 3.89. The SMILES string of the molecule is Cc1ccc(O)c(C2=NN3[C@H](C2)c2ccccc2O[C@H]3c2sccc2C)c1. The third-order valence-corrected chi connectivity index (χ3v) is 6.34. The summed E-state index contributed by atoms with van der Waals surface area (Å²) in [5, 5.41) is 19.5. The molecule has 0 saturated carbocycles. The number of phenols is 1. The van der Waals surface area contributed by atoms with Gasteiger partial charge >= 0.3 is 0 Å². The highest BCUT2D eigenvalue weighted by molar-refractivity contribution is 7.10. The van der Waals surface area contributed by atoms with Crippen LogP contribution in [0.4, 0.5) is 0 Å². The van der Waals surface area contributed by atoms with Gasteiger partial charge < -0.3 is 9.84 Å². The van der Waals surface area contributed by atoms with Gasteiger partial charge in [0, 0.05) is 17.5 Å². The molecule has 0 saturated heterocycles. The lowest BCUT2D eigenvalue weighted by Crippen LogP contribution is -2.33. The first-order valence-electron chi connectivity index (χ1n) is 9.07. The third kappa shape index (κ3) is 2.61. The number of benzene rings is 2. The van der Waals surface area contributed by atoms with E-state index in [-0.39, 0.29) is 18.0 Å². The Bertz CT molecular complexity index is 1060. The Labute approximate surface area is 162 Å². The third-order valence-electron chi connectivity index (χ3n) is 5.29. The lowest BCUT2D eigenvalue weighted by molar-refractivity contribution is -0.0169. The predicted octanol–water partition coefficient (Wildman–Crippen LogP) is 5.31. The molecule has 3 heterocycles. The van der Waals surface area contributed by atoms with E-state index in [0.29, 0.717) is 0 Å². The summed E-state index contributed by atoms with van der Waals surface area (Å²) >= 11 is 1.70. The summed E-state index contributed by atoms with van der Waals surface area (Å²) in [7, 11) is 0. The molecule has 4 nitrogen and oxygen atoms in total. The van der Waals surface area contributed by atoms with Gasteiger partial charge in [0.05, 0.1) is 16.6 Å². The Morgan fingerprint density at radius 2 is 2.00 bits per heavy atom. The second-order valence-corrected chi connectivity index (χ2v) is 8.09. The number of aromatic hydroxyl groups is 1. The Kier molecular flexibility index (Phi) is 3.72. The van der Waals surface area contributed by atoms with Crippen LogP contribution in [0.5, 0.6) is 11.5 Å². The highest BCUT2D eigenvalue weighted by Crippen LogP contribution is 2.49. The molecular formula is C22H20N2O2S.